The smallest absolute Gasteiger partial charge is 0.152 e. The van der Waals surface area contributed by atoms with Crippen molar-refractivity contribution in [2.24, 2.45) is 0 Å². The van der Waals surface area contributed by atoms with Crippen LogP contribution >= 0.6 is 0 Å². The zero-order valence-electron chi connectivity index (χ0n) is 13.2. The average Bonchev–Trinajstić information content (AvgIpc) is 2.98. The van der Waals surface area contributed by atoms with Gasteiger partial charge in [0.25, 0.3) is 0 Å². The predicted octanol–water partition coefficient (Wildman–Crippen LogP) is 3.86. The molecule has 0 saturated carbocycles. The number of nitrogens with zero attached hydrogens (tertiary/aromatic N) is 1. The number of aromatic nitrogens is 1. The Morgan fingerprint density at radius 3 is 2.43 bits per heavy atom. The molecule has 0 saturated heterocycles. The lowest BCUT2D eigenvalue weighted by atomic mass is 10.3. The van der Waals surface area contributed by atoms with Crippen molar-refractivity contribution in [3.8, 4) is 11.5 Å². The molecular weight excluding hydrogens is 294 g/mol. The van der Waals surface area contributed by atoms with Gasteiger partial charge in [0, 0.05) is 6.07 Å². The lowest BCUT2D eigenvalue weighted by molar-refractivity contribution is 0.172. The molecule has 1 aromatic carbocycles. The van der Waals surface area contributed by atoms with Crippen LogP contribution in [0.4, 0.5) is 0 Å². The fourth-order valence-electron chi connectivity index (χ4n) is 2.23. The van der Waals surface area contributed by atoms with E-state index in [9.17, 15) is 5.11 Å². The molecule has 5 nitrogen and oxygen atoms in total. The Labute approximate surface area is 134 Å². The Bertz CT molecular complexity index is 777. The molecule has 2 aromatic heterocycles. The Hall–Kier alpha value is -2.53. The first-order chi connectivity index (χ1) is 11.2. The standard InChI is InChI=1S/C18H19NO4/c1-3-21-14-5-7-15(8-6-14)22-11-13-4-9-17-16(19-13)10-18(23-17)12(2)20/h4-10,12,20H,3,11H2,1-2H3. The molecule has 0 radical (unpaired) electrons. The lowest BCUT2D eigenvalue weighted by Crippen LogP contribution is -1.98. The first kappa shape index (κ1) is 15.4. The minimum atomic E-state index is -0.646. The van der Waals surface area contributed by atoms with Gasteiger partial charge in [-0.05, 0) is 50.2 Å². The molecule has 3 rings (SSSR count). The normalized spacial score (nSPS) is 12.3. The van der Waals surface area contributed by atoms with Gasteiger partial charge >= 0.3 is 0 Å². The van der Waals surface area contributed by atoms with Crippen molar-refractivity contribution in [1.82, 2.24) is 4.98 Å². The summed E-state index contributed by atoms with van der Waals surface area (Å²) in [4.78, 5) is 4.49. The van der Waals surface area contributed by atoms with Crippen LogP contribution in [0.2, 0.25) is 0 Å². The molecule has 0 aliphatic rings. The van der Waals surface area contributed by atoms with Gasteiger partial charge < -0.3 is 19.0 Å². The lowest BCUT2D eigenvalue weighted by Gasteiger charge is -2.07. The number of aliphatic hydroxyl groups is 1. The van der Waals surface area contributed by atoms with E-state index in [1.54, 1.807) is 13.0 Å². The molecule has 0 spiro atoms. The maximum Gasteiger partial charge on any atom is 0.152 e. The van der Waals surface area contributed by atoms with Crippen LogP contribution in [0.1, 0.15) is 31.4 Å². The summed E-state index contributed by atoms with van der Waals surface area (Å²) in [6.45, 7) is 4.61. The monoisotopic (exact) mass is 313 g/mol. The number of fused-ring (bicyclic) bond motifs is 1. The van der Waals surface area contributed by atoms with Crippen molar-refractivity contribution in [2.75, 3.05) is 6.61 Å². The van der Waals surface area contributed by atoms with Gasteiger partial charge in [0.15, 0.2) is 5.58 Å². The topological polar surface area (TPSA) is 64.7 Å². The van der Waals surface area contributed by atoms with E-state index in [-0.39, 0.29) is 0 Å². The Kier molecular flexibility index (Phi) is 4.48. The van der Waals surface area contributed by atoms with Crippen molar-refractivity contribution < 1.29 is 19.0 Å². The maximum atomic E-state index is 9.55. The largest absolute Gasteiger partial charge is 0.494 e. The molecule has 0 amide bonds. The molecule has 0 aliphatic heterocycles. The summed E-state index contributed by atoms with van der Waals surface area (Å²) in [6.07, 6.45) is -0.646. The summed E-state index contributed by atoms with van der Waals surface area (Å²) in [5.41, 5.74) is 2.17. The molecule has 1 atom stereocenters. The number of aliphatic hydroxyl groups excluding tert-OH is 1. The highest BCUT2D eigenvalue weighted by molar-refractivity contribution is 5.73. The van der Waals surface area contributed by atoms with Crippen molar-refractivity contribution in [1.29, 1.82) is 0 Å². The van der Waals surface area contributed by atoms with Gasteiger partial charge in [-0.25, -0.2) is 4.98 Å². The number of benzene rings is 1. The maximum absolute atomic E-state index is 9.55. The summed E-state index contributed by atoms with van der Waals surface area (Å²) in [5.74, 6) is 2.09. The predicted molar refractivity (Wildman–Crippen MR) is 86.6 cm³/mol. The summed E-state index contributed by atoms with van der Waals surface area (Å²) in [7, 11) is 0. The zero-order valence-corrected chi connectivity index (χ0v) is 13.2. The van der Waals surface area contributed by atoms with E-state index in [0.29, 0.717) is 30.1 Å². The van der Waals surface area contributed by atoms with E-state index >= 15 is 0 Å². The van der Waals surface area contributed by atoms with E-state index in [4.69, 9.17) is 13.9 Å². The van der Waals surface area contributed by atoms with Gasteiger partial charge in [0.1, 0.15) is 35.5 Å². The van der Waals surface area contributed by atoms with Gasteiger partial charge in [-0.15, -0.1) is 0 Å². The van der Waals surface area contributed by atoms with Gasteiger partial charge in [0.05, 0.1) is 12.3 Å². The van der Waals surface area contributed by atoms with Gasteiger partial charge in [-0.3, -0.25) is 0 Å². The fourth-order valence-corrected chi connectivity index (χ4v) is 2.23. The summed E-state index contributed by atoms with van der Waals surface area (Å²) in [6, 6.07) is 12.9. The van der Waals surface area contributed by atoms with Crippen LogP contribution in [0.25, 0.3) is 11.1 Å². The van der Waals surface area contributed by atoms with E-state index < -0.39 is 6.10 Å². The number of hydrogen-bond donors (Lipinski definition) is 1. The number of hydrogen-bond acceptors (Lipinski definition) is 5. The molecule has 5 heteroatoms. The van der Waals surface area contributed by atoms with E-state index in [1.807, 2.05) is 43.3 Å². The Morgan fingerprint density at radius 1 is 1.09 bits per heavy atom. The van der Waals surface area contributed by atoms with E-state index in [2.05, 4.69) is 4.98 Å². The quantitative estimate of drug-likeness (QED) is 0.748. The van der Waals surface area contributed by atoms with Crippen LogP contribution in [0, 0.1) is 0 Å². The third-order valence-electron chi connectivity index (χ3n) is 3.38. The summed E-state index contributed by atoms with van der Waals surface area (Å²) < 4.78 is 16.6. The average molecular weight is 313 g/mol. The third-order valence-corrected chi connectivity index (χ3v) is 3.38. The molecule has 1 unspecified atom stereocenters. The first-order valence-corrected chi connectivity index (χ1v) is 7.59. The van der Waals surface area contributed by atoms with Crippen LogP contribution in [0.5, 0.6) is 11.5 Å². The Balaban J connectivity index is 1.68. The van der Waals surface area contributed by atoms with E-state index in [0.717, 1.165) is 17.2 Å². The minimum absolute atomic E-state index is 0.360. The highest BCUT2D eigenvalue weighted by Crippen LogP contribution is 2.23. The van der Waals surface area contributed by atoms with Crippen LogP contribution in [-0.2, 0) is 6.61 Å². The summed E-state index contributed by atoms with van der Waals surface area (Å²) in [5, 5.41) is 9.55. The number of furan rings is 1. The van der Waals surface area contributed by atoms with Gasteiger partial charge in [-0.1, -0.05) is 0 Å². The van der Waals surface area contributed by atoms with Crippen LogP contribution in [0.15, 0.2) is 46.9 Å². The minimum Gasteiger partial charge on any atom is -0.494 e. The Morgan fingerprint density at radius 2 is 1.78 bits per heavy atom. The summed E-state index contributed by atoms with van der Waals surface area (Å²) >= 11 is 0. The second-order valence-corrected chi connectivity index (χ2v) is 5.20. The highest BCUT2D eigenvalue weighted by Gasteiger charge is 2.10. The van der Waals surface area contributed by atoms with Crippen molar-refractivity contribution in [2.45, 2.75) is 26.6 Å². The van der Waals surface area contributed by atoms with Crippen LogP contribution in [0.3, 0.4) is 0 Å². The first-order valence-electron chi connectivity index (χ1n) is 7.59. The molecule has 1 N–H and O–H groups in total. The zero-order chi connectivity index (χ0) is 16.2. The van der Waals surface area contributed by atoms with Crippen LogP contribution in [-0.4, -0.2) is 16.7 Å². The molecule has 23 heavy (non-hydrogen) atoms. The van der Waals surface area contributed by atoms with Crippen LogP contribution < -0.4 is 9.47 Å². The second kappa shape index (κ2) is 6.71. The number of pyridine rings is 1. The molecule has 0 fully saturated rings. The molecule has 2 heterocycles. The molecular formula is C18H19NO4. The van der Waals surface area contributed by atoms with Gasteiger partial charge in [0.2, 0.25) is 0 Å². The molecule has 120 valence electrons. The molecule has 0 aliphatic carbocycles. The van der Waals surface area contributed by atoms with Crippen molar-refractivity contribution >= 4 is 11.1 Å². The highest BCUT2D eigenvalue weighted by atomic mass is 16.5. The third kappa shape index (κ3) is 3.63. The molecule has 3 aromatic rings. The van der Waals surface area contributed by atoms with Crippen molar-refractivity contribution in [3.05, 3.63) is 53.9 Å². The fraction of sp³-hybridized carbons (Fsp3) is 0.278. The molecule has 0 bridgehead atoms. The second-order valence-electron chi connectivity index (χ2n) is 5.20. The van der Waals surface area contributed by atoms with Crippen molar-refractivity contribution in [3.63, 3.8) is 0 Å². The number of rotatable bonds is 6. The van der Waals surface area contributed by atoms with E-state index in [1.165, 1.54) is 0 Å². The SMILES string of the molecule is CCOc1ccc(OCc2ccc3oc(C(C)O)cc3n2)cc1. The number of ether oxygens (including phenoxy) is 2. The van der Waals surface area contributed by atoms with Gasteiger partial charge in [-0.2, -0.15) is 0 Å².